The van der Waals surface area contributed by atoms with Gasteiger partial charge in [0.15, 0.2) is 0 Å². The average molecular weight is 479 g/mol. The first-order valence-electron chi connectivity index (χ1n) is 11.5. The van der Waals surface area contributed by atoms with Crippen molar-refractivity contribution in [3.05, 3.63) is 96.1 Å². The lowest BCUT2D eigenvalue weighted by molar-refractivity contribution is -0.123. The number of hydrogen-bond donors (Lipinski definition) is 0. The van der Waals surface area contributed by atoms with Crippen molar-refractivity contribution < 1.29 is 17.9 Å². The number of para-hydroxylation sites is 1. The van der Waals surface area contributed by atoms with E-state index < -0.39 is 10.0 Å². The van der Waals surface area contributed by atoms with Gasteiger partial charge in [-0.25, -0.2) is 12.7 Å². The van der Waals surface area contributed by atoms with Crippen LogP contribution in [0, 0.1) is 5.92 Å². The molecule has 4 rings (SSSR count). The number of sulfonamides is 1. The largest absolute Gasteiger partial charge is 0.489 e. The number of carbonyl (C=O) groups is 1. The Morgan fingerprint density at radius 3 is 2.06 bits per heavy atom. The highest BCUT2D eigenvalue weighted by molar-refractivity contribution is 7.88. The van der Waals surface area contributed by atoms with Crippen molar-refractivity contribution in [2.24, 2.45) is 5.92 Å². The van der Waals surface area contributed by atoms with Crippen molar-refractivity contribution in [3.63, 3.8) is 0 Å². The number of piperidine rings is 1. The van der Waals surface area contributed by atoms with E-state index >= 15 is 0 Å². The lowest BCUT2D eigenvalue weighted by Crippen LogP contribution is -2.44. The molecule has 0 aromatic heterocycles. The molecule has 0 bridgehead atoms. The minimum Gasteiger partial charge on any atom is -0.489 e. The number of hydrogen-bond acceptors (Lipinski definition) is 4. The highest BCUT2D eigenvalue weighted by Gasteiger charge is 2.32. The summed E-state index contributed by atoms with van der Waals surface area (Å²) in [6, 6.07) is 27.5. The molecule has 1 aliphatic rings. The number of ether oxygens (including phenoxy) is 1. The van der Waals surface area contributed by atoms with Gasteiger partial charge in [-0.15, -0.1) is 0 Å². The van der Waals surface area contributed by atoms with E-state index in [0.29, 0.717) is 39.1 Å². The number of anilines is 1. The zero-order valence-electron chi connectivity index (χ0n) is 19.3. The van der Waals surface area contributed by atoms with Crippen molar-refractivity contribution in [1.29, 1.82) is 0 Å². The molecule has 6 nitrogen and oxygen atoms in total. The summed E-state index contributed by atoms with van der Waals surface area (Å²) in [5, 5.41) is 0. The maximum atomic E-state index is 13.5. The van der Waals surface area contributed by atoms with Gasteiger partial charge >= 0.3 is 0 Å². The molecule has 1 aliphatic heterocycles. The molecule has 0 saturated carbocycles. The van der Waals surface area contributed by atoms with E-state index in [9.17, 15) is 13.2 Å². The zero-order chi connectivity index (χ0) is 24.0. The summed E-state index contributed by atoms with van der Waals surface area (Å²) in [7, 11) is -3.23. The fourth-order valence-corrected chi connectivity index (χ4v) is 5.05. The normalized spacial score (nSPS) is 15.1. The summed E-state index contributed by atoms with van der Waals surface area (Å²) >= 11 is 0. The van der Waals surface area contributed by atoms with Crippen LogP contribution in [-0.4, -0.2) is 38.0 Å². The van der Waals surface area contributed by atoms with Gasteiger partial charge in [-0.2, -0.15) is 0 Å². The van der Waals surface area contributed by atoms with Gasteiger partial charge in [-0.05, 0) is 48.2 Å². The lowest BCUT2D eigenvalue weighted by atomic mass is 9.96. The van der Waals surface area contributed by atoms with Gasteiger partial charge in [-0.3, -0.25) is 4.79 Å². The Kier molecular flexibility index (Phi) is 7.65. The lowest BCUT2D eigenvalue weighted by Gasteiger charge is -2.33. The third kappa shape index (κ3) is 6.24. The third-order valence-corrected chi connectivity index (χ3v) is 7.42. The van der Waals surface area contributed by atoms with Crippen LogP contribution in [0.1, 0.15) is 24.0 Å². The highest BCUT2D eigenvalue weighted by atomic mass is 32.2. The number of nitrogens with zero attached hydrogens (tertiary/aromatic N) is 2. The van der Waals surface area contributed by atoms with Crippen molar-refractivity contribution >= 4 is 21.6 Å². The van der Waals surface area contributed by atoms with Gasteiger partial charge < -0.3 is 9.64 Å². The van der Waals surface area contributed by atoms with E-state index in [4.69, 9.17) is 4.74 Å². The van der Waals surface area contributed by atoms with Crippen molar-refractivity contribution in [1.82, 2.24) is 4.31 Å². The first-order chi connectivity index (χ1) is 16.4. The first kappa shape index (κ1) is 24.0. The van der Waals surface area contributed by atoms with Gasteiger partial charge in [0, 0.05) is 24.7 Å². The van der Waals surface area contributed by atoms with Crippen LogP contribution in [-0.2, 0) is 28.0 Å². The number of amides is 1. The summed E-state index contributed by atoms with van der Waals surface area (Å²) in [6.45, 7) is 1.70. The van der Waals surface area contributed by atoms with E-state index in [2.05, 4.69) is 0 Å². The highest BCUT2D eigenvalue weighted by Crippen LogP contribution is 2.26. The molecule has 34 heavy (non-hydrogen) atoms. The summed E-state index contributed by atoms with van der Waals surface area (Å²) in [5.41, 5.74) is 2.94. The minimum atomic E-state index is -3.23. The van der Waals surface area contributed by atoms with Crippen LogP contribution in [0.2, 0.25) is 0 Å². The van der Waals surface area contributed by atoms with E-state index in [-0.39, 0.29) is 11.8 Å². The molecule has 3 aromatic carbocycles. The minimum absolute atomic E-state index is 0.0313. The molecule has 1 heterocycles. The molecule has 0 unspecified atom stereocenters. The Hall–Kier alpha value is -3.16. The summed E-state index contributed by atoms with van der Waals surface area (Å²) in [6.07, 6.45) is 2.28. The molecule has 0 spiro atoms. The van der Waals surface area contributed by atoms with Gasteiger partial charge in [0.25, 0.3) is 0 Å². The fourth-order valence-electron chi connectivity index (χ4n) is 4.17. The van der Waals surface area contributed by atoms with E-state index in [1.165, 1.54) is 10.6 Å². The van der Waals surface area contributed by atoms with Crippen LogP contribution in [0.4, 0.5) is 5.69 Å². The fraction of sp³-hybridized carbons (Fsp3) is 0.296. The monoisotopic (exact) mass is 478 g/mol. The van der Waals surface area contributed by atoms with Crippen molar-refractivity contribution in [3.8, 4) is 5.75 Å². The molecule has 1 saturated heterocycles. The van der Waals surface area contributed by atoms with Crippen molar-refractivity contribution in [2.45, 2.75) is 26.0 Å². The molecule has 0 N–H and O–H groups in total. The van der Waals surface area contributed by atoms with Crippen LogP contribution < -0.4 is 9.64 Å². The number of carbonyl (C=O) groups excluding carboxylic acids is 1. The topological polar surface area (TPSA) is 66.9 Å². The van der Waals surface area contributed by atoms with Gasteiger partial charge in [0.1, 0.15) is 12.4 Å². The Morgan fingerprint density at radius 2 is 1.47 bits per heavy atom. The molecule has 7 heteroatoms. The van der Waals surface area contributed by atoms with Crippen LogP contribution in [0.3, 0.4) is 0 Å². The molecule has 3 aromatic rings. The zero-order valence-corrected chi connectivity index (χ0v) is 20.2. The Balaban J connectivity index is 1.44. The molecule has 0 aliphatic carbocycles. The second kappa shape index (κ2) is 10.8. The predicted molar refractivity (Wildman–Crippen MR) is 134 cm³/mol. The maximum Gasteiger partial charge on any atom is 0.230 e. The quantitative estimate of drug-likeness (QED) is 0.479. The average Bonchev–Trinajstić information content (AvgIpc) is 2.87. The van der Waals surface area contributed by atoms with Crippen LogP contribution in [0.25, 0.3) is 0 Å². The second-order valence-electron chi connectivity index (χ2n) is 8.61. The van der Waals surface area contributed by atoms with Gasteiger partial charge in [0.05, 0.1) is 12.8 Å². The molecule has 1 amide bonds. The van der Waals surface area contributed by atoms with Gasteiger partial charge in [-0.1, -0.05) is 60.7 Å². The number of rotatable bonds is 8. The number of benzene rings is 3. The van der Waals surface area contributed by atoms with Crippen LogP contribution in [0.5, 0.6) is 5.75 Å². The Morgan fingerprint density at radius 1 is 0.882 bits per heavy atom. The second-order valence-corrected chi connectivity index (χ2v) is 10.6. The summed E-state index contributed by atoms with van der Waals surface area (Å²) in [5.74, 6) is 0.605. The standard InChI is InChI=1S/C27H30N2O4S/c1-34(31,32)28-18-16-24(17-19-28)27(30)29(25-10-6-3-7-11-25)20-22-12-14-26(15-13-22)33-21-23-8-4-2-5-9-23/h2-15,24H,16-21H2,1H3. The molecular weight excluding hydrogens is 448 g/mol. The Bertz CT molecular complexity index is 1170. The van der Waals surface area contributed by atoms with E-state index in [0.717, 1.165) is 22.6 Å². The van der Waals surface area contributed by atoms with Crippen LogP contribution >= 0.6 is 0 Å². The molecule has 0 atom stereocenters. The molecular formula is C27H30N2O4S. The Labute approximate surface area is 201 Å². The molecule has 0 radical (unpaired) electrons. The smallest absolute Gasteiger partial charge is 0.230 e. The molecule has 1 fully saturated rings. The van der Waals surface area contributed by atoms with Gasteiger partial charge in [0.2, 0.25) is 15.9 Å². The SMILES string of the molecule is CS(=O)(=O)N1CCC(C(=O)N(Cc2ccc(OCc3ccccc3)cc2)c2ccccc2)CC1. The van der Waals surface area contributed by atoms with E-state index in [1.807, 2.05) is 84.9 Å². The van der Waals surface area contributed by atoms with Crippen molar-refractivity contribution in [2.75, 3.05) is 24.2 Å². The third-order valence-electron chi connectivity index (χ3n) is 6.12. The summed E-state index contributed by atoms with van der Waals surface area (Å²) in [4.78, 5) is 15.3. The first-order valence-corrected chi connectivity index (χ1v) is 13.3. The predicted octanol–water partition coefficient (Wildman–Crippen LogP) is 4.47. The maximum absolute atomic E-state index is 13.5. The molecule has 178 valence electrons. The van der Waals surface area contributed by atoms with Crippen LogP contribution in [0.15, 0.2) is 84.9 Å². The summed E-state index contributed by atoms with van der Waals surface area (Å²) < 4.78 is 31.0. The van der Waals surface area contributed by atoms with E-state index in [1.54, 1.807) is 4.90 Å².